The molecule has 0 aliphatic carbocycles. The van der Waals surface area contributed by atoms with Gasteiger partial charge >= 0.3 is 0 Å². The summed E-state index contributed by atoms with van der Waals surface area (Å²) in [5.41, 5.74) is 0.731. The van der Waals surface area contributed by atoms with Gasteiger partial charge in [0, 0.05) is 19.8 Å². The van der Waals surface area contributed by atoms with E-state index in [0.29, 0.717) is 0 Å². The maximum Gasteiger partial charge on any atom is 0.267 e. The number of aromatic nitrogens is 1. The Hall–Kier alpha value is -1.29. The van der Waals surface area contributed by atoms with Crippen molar-refractivity contribution in [2.75, 3.05) is 26.2 Å². The molecule has 4 heteroatoms. The van der Waals surface area contributed by atoms with Crippen LogP contribution in [-0.4, -0.2) is 41.6 Å². The lowest BCUT2D eigenvalue weighted by molar-refractivity contribution is 0.0944. The van der Waals surface area contributed by atoms with E-state index in [4.69, 9.17) is 0 Å². The maximum atomic E-state index is 11.8. The van der Waals surface area contributed by atoms with Crippen molar-refractivity contribution in [3.63, 3.8) is 0 Å². The summed E-state index contributed by atoms with van der Waals surface area (Å²) in [7, 11) is 1.89. The fourth-order valence-electron chi connectivity index (χ4n) is 2.46. The van der Waals surface area contributed by atoms with E-state index < -0.39 is 0 Å². The van der Waals surface area contributed by atoms with Crippen LogP contribution in [0.3, 0.4) is 0 Å². The predicted octanol–water partition coefficient (Wildman–Crippen LogP) is 1.63. The second kappa shape index (κ2) is 6.59. The van der Waals surface area contributed by atoms with Crippen molar-refractivity contribution in [1.82, 2.24) is 14.8 Å². The second-order valence-electron chi connectivity index (χ2n) is 5.02. The Balaban J connectivity index is 1.58. The molecule has 1 amide bonds. The molecule has 4 nitrogen and oxygen atoms in total. The van der Waals surface area contributed by atoms with Crippen molar-refractivity contribution in [2.45, 2.75) is 25.7 Å². The van der Waals surface area contributed by atoms with Gasteiger partial charge in [0.2, 0.25) is 0 Å². The Morgan fingerprint density at radius 3 is 2.78 bits per heavy atom. The van der Waals surface area contributed by atoms with Crippen LogP contribution < -0.4 is 5.32 Å². The molecule has 1 fully saturated rings. The van der Waals surface area contributed by atoms with Crippen LogP contribution in [-0.2, 0) is 7.05 Å². The molecule has 0 bridgehead atoms. The minimum absolute atomic E-state index is 0.0312. The number of unbranched alkanes of at least 4 members (excludes halogenated alkanes) is 1. The van der Waals surface area contributed by atoms with Crippen LogP contribution in [0.25, 0.3) is 0 Å². The number of nitrogens with one attached hydrogen (secondary N) is 1. The molecule has 1 aromatic rings. The zero-order valence-electron chi connectivity index (χ0n) is 11.2. The quantitative estimate of drug-likeness (QED) is 0.778. The summed E-state index contributed by atoms with van der Waals surface area (Å²) in [6.45, 7) is 4.48. The number of aryl methyl sites for hydroxylation is 1. The minimum atomic E-state index is 0.0312. The molecule has 0 atom stereocenters. The van der Waals surface area contributed by atoms with Gasteiger partial charge in [0.15, 0.2) is 0 Å². The number of likely N-dealkylation sites (tertiary alicyclic amines) is 1. The van der Waals surface area contributed by atoms with Crippen molar-refractivity contribution in [2.24, 2.45) is 7.05 Å². The third kappa shape index (κ3) is 3.60. The van der Waals surface area contributed by atoms with E-state index in [1.165, 1.54) is 38.9 Å². The summed E-state index contributed by atoms with van der Waals surface area (Å²) in [5, 5.41) is 2.97. The first-order chi connectivity index (χ1) is 8.77. The number of carbonyl (C=O) groups is 1. The fourth-order valence-corrected chi connectivity index (χ4v) is 2.46. The molecular weight excluding hydrogens is 226 g/mol. The summed E-state index contributed by atoms with van der Waals surface area (Å²) in [6, 6.07) is 3.74. The normalized spacial score (nSPS) is 16.1. The summed E-state index contributed by atoms with van der Waals surface area (Å²) in [6.07, 6.45) is 6.83. The Morgan fingerprint density at radius 2 is 2.11 bits per heavy atom. The molecule has 1 aliphatic heterocycles. The molecule has 100 valence electrons. The number of hydrogen-bond acceptors (Lipinski definition) is 2. The van der Waals surface area contributed by atoms with Crippen LogP contribution in [0.5, 0.6) is 0 Å². The first-order valence-electron chi connectivity index (χ1n) is 6.89. The fraction of sp³-hybridized carbons (Fsp3) is 0.643. The van der Waals surface area contributed by atoms with Gasteiger partial charge in [0.25, 0.3) is 5.91 Å². The van der Waals surface area contributed by atoms with E-state index >= 15 is 0 Å². The molecule has 0 unspecified atom stereocenters. The average molecular weight is 249 g/mol. The molecule has 18 heavy (non-hydrogen) atoms. The third-order valence-electron chi connectivity index (χ3n) is 3.56. The van der Waals surface area contributed by atoms with E-state index in [9.17, 15) is 4.79 Å². The van der Waals surface area contributed by atoms with Crippen LogP contribution in [0.1, 0.15) is 36.2 Å². The SMILES string of the molecule is Cn1cccc1C(=O)NCCCCN1CCCC1. The van der Waals surface area contributed by atoms with Gasteiger partial charge in [-0.05, 0) is 57.5 Å². The Kier molecular flexibility index (Phi) is 4.81. The van der Waals surface area contributed by atoms with Gasteiger partial charge in [-0.1, -0.05) is 0 Å². The van der Waals surface area contributed by atoms with E-state index in [2.05, 4.69) is 10.2 Å². The Morgan fingerprint density at radius 1 is 1.33 bits per heavy atom. The van der Waals surface area contributed by atoms with Crippen LogP contribution in [0.4, 0.5) is 0 Å². The number of carbonyl (C=O) groups excluding carboxylic acids is 1. The number of nitrogens with zero attached hydrogens (tertiary/aromatic N) is 2. The molecule has 2 heterocycles. The summed E-state index contributed by atoms with van der Waals surface area (Å²) in [4.78, 5) is 14.3. The van der Waals surface area contributed by atoms with Crippen molar-refractivity contribution in [3.05, 3.63) is 24.0 Å². The molecule has 0 aromatic carbocycles. The van der Waals surface area contributed by atoms with Gasteiger partial charge in [0.05, 0.1) is 0 Å². The van der Waals surface area contributed by atoms with E-state index in [1.54, 1.807) is 0 Å². The van der Waals surface area contributed by atoms with Crippen molar-refractivity contribution >= 4 is 5.91 Å². The summed E-state index contributed by atoms with van der Waals surface area (Å²) < 4.78 is 1.85. The molecule has 1 aromatic heterocycles. The van der Waals surface area contributed by atoms with Gasteiger partial charge in [0.1, 0.15) is 5.69 Å². The maximum absolute atomic E-state index is 11.8. The van der Waals surface area contributed by atoms with Gasteiger partial charge in [-0.25, -0.2) is 0 Å². The van der Waals surface area contributed by atoms with Crippen LogP contribution in [0.2, 0.25) is 0 Å². The molecule has 2 rings (SSSR count). The minimum Gasteiger partial charge on any atom is -0.351 e. The lowest BCUT2D eigenvalue weighted by Gasteiger charge is -2.14. The zero-order valence-corrected chi connectivity index (χ0v) is 11.2. The van der Waals surface area contributed by atoms with Crippen LogP contribution in [0.15, 0.2) is 18.3 Å². The highest BCUT2D eigenvalue weighted by Crippen LogP contribution is 2.08. The molecule has 1 aliphatic rings. The molecular formula is C14H23N3O. The highest BCUT2D eigenvalue weighted by Gasteiger charge is 2.10. The predicted molar refractivity (Wildman–Crippen MR) is 72.7 cm³/mol. The molecule has 1 saturated heterocycles. The monoisotopic (exact) mass is 249 g/mol. The van der Waals surface area contributed by atoms with Crippen molar-refractivity contribution in [3.8, 4) is 0 Å². The molecule has 0 saturated carbocycles. The smallest absolute Gasteiger partial charge is 0.267 e. The highest BCUT2D eigenvalue weighted by atomic mass is 16.1. The van der Waals surface area contributed by atoms with Gasteiger partial charge in [-0.2, -0.15) is 0 Å². The van der Waals surface area contributed by atoms with Crippen LogP contribution >= 0.6 is 0 Å². The standard InChI is InChI=1S/C14H23N3O/c1-16-9-6-7-13(16)14(18)15-8-2-3-10-17-11-4-5-12-17/h6-7,9H,2-5,8,10-12H2,1H3,(H,15,18). The average Bonchev–Trinajstić information content (AvgIpc) is 2.99. The first kappa shape index (κ1) is 13.1. The van der Waals surface area contributed by atoms with Crippen molar-refractivity contribution < 1.29 is 4.79 Å². The van der Waals surface area contributed by atoms with Gasteiger partial charge in [-0.15, -0.1) is 0 Å². The molecule has 0 spiro atoms. The van der Waals surface area contributed by atoms with Gasteiger partial charge in [-0.3, -0.25) is 4.79 Å². The van der Waals surface area contributed by atoms with Gasteiger partial charge < -0.3 is 14.8 Å². The summed E-state index contributed by atoms with van der Waals surface area (Å²) in [5.74, 6) is 0.0312. The number of hydrogen-bond donors (Lipinski definition) is 1. The zero-order chi connectivity index (χ0) is 12.8. The van der Waals surface area contributed by atoms with E-state index in [1.807, 2.05) is 29.9 Å². The lowest BCUT2D eigenvalue weighted by Crippen LogP contribution is -2.27. The highest BCUT2D eigenvalue weighted by molar-refractivity contribution is 5.92. The van der Waals surface area contributed by atoms with Crippen molar-refractivity contribution in [1.29, 1.82) is 0 Å². The number of rotatable bonds is 6. The topological polar surface area (TPSA) is 37.3 Å². The Labute approximate surface area is 109 Å². The largest absolute Gasteiger partial charge is 0.351 e. The Bertz CT molecular complexity index is 380. The first-order valence-corrected chi connectivity index (χ1v) is 6.89. The van der Waals surface area contributed by atoms with E-state index in [-0.39, 0.29) is 5.91 Å². The molecule has 0 radical (unpaired) electrons. The number of amides is 1. The second-order valence-corrected chi connectivity index (χ2v) is 5.02. The molecule has 1 N–H and O–H groups in total. The third-order valence-corrected chi connectivity index (χ3v) is 3.56. The van der Waals surface area contributed by atoms with E-state index in [0.717, 1.165) is 18.7 Å². The lowest BCUT2D eigenvalue weighted by atomic mass is 10.3. The van der Waals surface area contributed by atoms with Crippen LogP contribution in [0, 0.1) is 0 Å². The summed E-state index contributed by atoms with van der Waals surface area (Å²) >= 11 is 0.